The van der Waals surface area contributed by atoms with E-state index in [9.17, 15) is 9.59 Å². The van der Waals surface area contributed by atoms with Crippen LogP contribution in [0.4, 0.5) is 0 Å². The SMILES string of the molecule is CC(=O)CCc1ccc(OCC(=O)NCCc2ccccc2)cc1. The van der Waals surface area contributed by atoms with Crippen LogP contribution in [0.2, 0.25) is 0 Å². The first kappa shape index (κ1) is 17.7. The highest BCUT2D eigenvalue weighted by Crippen LogP contribution is 2.13. The normalized spacial score (nSPS) is 10.2. The van der Waals surface area contributed by atoms with Crippen molar-refractivity contribution in [1.29, 1.82) is 0 Å². The van der Waals surface area contributed by atoms with E-state index >= 15 is 0 Å². The lowest BCUT2D eigenvalue weighted by molar-refractivity contribution is -0.123. The Morgan fingerprint density at radius 3 is 2.25 bits per heavy atom. The third-order valence-electron chi connectivity index (χ3n) is 3.64. The maximum atomic E-state index is 11.8. The van der Waals surface area contributed by atoms with Crippen LogP contribution in [0.25, 0.3) is 0 Å². The zero-order valence-corrected chi connectivity index (χ0v) is 14.0. The average Bonchev–Trinajstić information content (AvgIpc) is 2.60. The largest absolute Gasteiger partial charge is 0.484 e. The summed E-state index contributed by atoms with van der Waals surface area (Å²) >= 11 is 0. The molecule has 0 unspecified atom stereocenters. The number of ketones is 1. The van der Waals surface area contributed by atoms with Crippen molar-refractivity contribution < 1.29 is 14.3 Å². The molecular weight excluding hydrogens is 302 g/mol. The lowest BCUT2D eigenvalue weighted by Crippen LogP contribution is -2.30. The molecule has 0 saturated heterocycles. The maximum absolute atomic E-state index is 11.8. The fraction of sp³-hybridized carbons (Fsp3) is 0.300. The summed E-state index contributed by atoms with van der Waals surface area (Å²) in [5.74, 6) is 0.703. The van der Waals surface area contributed by atoms with Crippen molar-refractivity contribution in [3.8, 4) is 5.75 Å². The highest BCUT2D eigenvalue weighted by molar-refractivity contribution is 5.77. The number of ether oxygens (including phenoxy) is 1. The van der Waals surface area contributed by atoms with Gasteiger partial charge in [-0.15, -0.1) is 0 Å². The van der Waals surface area contributed by atoms with Crippen molar-refractivity contribution in [3.05, 3.63) is 65.7 Å². The molecule has 0 aliphatic rings. The molecule has 0 saturated carbocycles. The predicted octanol–water partition coefficient (Wildman–Crippen LogP) is 2.95. The molecule has 24 heavy (non-hydrogen) atoms. The first-order chi connectivity index (χ1) is 11.6. The second-order valence-electron chi connectivity index (χ2n) is 5.72. The van der Waals surface area contributed by atoms with Gasteiger partial charge in [0, 0.05) is 13.0 Å². The Morgan fingerprint density at radius 1 is 0.917 bits per heavy atom. The molecule has 2 aromatic carbocycles. The van der Waals surface area contributed by atoms with Gasteiger partial charge in [-0.05, 0) is 43.0 Å². The molecule has 2 rings (SSSR count). The molecule has 1 N–H and O–H groups in total. The van der Waals surface area contributed by atoms with Gasteiger partial charge in [0.25, 0.3) is 5.91 Å². The topological polar surface area (TPSA) is 55.4 Å². The number of hydrogen-bond donors (Lipinski definition) is 1. The van der Waals surface area contributed by atoms with E-state index in [0.29, 0.717) is 18.7 Å². The second kappa shape index (κ2) is 9.50. The molecule has 4 heteroatoms. The average molecular weight is 325 g/mol. The number of carbonyl (C=O) groups excluding carboxylic acids is 2. The Balaban J connectivity index is 1.66. The van der Waals surface area contributed by atoms with Crippen molar-refractivity contribution in [1.82, 2.24) is 5.32 Å². The number of aryl methyl sites for hydroxylation is 1. The second-order valence-corrected chi connectivity index (χ2v) is 5.72. The minimum absolute atomic E-state index is 0.00157. The molecule has 1 amide bonds. The van der Waals surface area contributed by atoms with E-state index in [1.54, 1.807) is 6.92 Å². The highest BCUT2D eigenvalue weighted by Gasteiger charge is 2.03. The van der Waals surface area contributed by atoms with E-state index in [0.717, 1.165) is 18.4 Å². The van der Waals surface area contributed by atoms with Crippen molar-refractivity contribution in [2.75, 3.05) is 13.2 Å². The minimum atomic E-state index is -0.133. The summed E-state index contributed by atoms with van der Waals surface area (Å²) in [4.78, 5) is 22.7. The summed E-state index contributed by atoms with van der Waals surface area (Å²) in [7, 11) is 0. The van der Waals surface area contributed by atoms with Crippen molar-refractivity contribution in [2.24, 2.45) is 0 Å². The number of benzene rings is 2. The molecule has 0 aromatic heterocycles. The Kier molecular flexibility index (Phi) is 7.02. The zero-order valence-electron chi connectivity index (χ0n) is 14.0. The van der Waals surface area contributed by atoms with E-state index in [1.165, 1.54) is 5.56 Å². The molecule has 2 aromatic rings. The van der Waals surface area contributed by atoms with Crippen molar-refractivity contribution in [3.63, 3.8) is 0 Å². The van der Waals surface area contributed by atoms with E-state index in [-0.39, 0.29) is 18.3 Å². The monoisotopic (exact) mass is 325 g/mol. The summed E-state index contributed by atoms with van der Waals surface area (Å²) in [5, 5.41) is 2.84. The Labute approximate surface area is 142 Å². The van der Waals surface area contributed by atoms with Crippen molar-refractivity contribution >= 4 is 11.7 Å². The van der Waals surface area contributed by atoms with Gasteiger partial charge in [-0.25, -0.2) is 0 Å². The molecule has 0 atom stereocenters. The number of rotatable bonds is 9. The Bertz CT molecular complexity index is 650. The minimum Gasteiger partial charge on any atom is -0.484 e. The van der Waals surface area contributed by atoms with Crippen LogP contribution in [0.1, 0.15) is 24.5 Å². The van der Waals surface area contributed by atoms with Gasteiger partial charge in [0.2, 0.25) is 0 Å². The van der Waals surface area contributed by atoms with Crippen LogP contribution >= 0.6 is 0 Å². The van der Waals surface area contributed by atoms with E-state index in [1.807, 2.05) is 54.6 Å². The Morgan fingerprint density at radius 2 is 1.58 bits per heavy atom. The van der Waals surface area contributed by atoms with Gasteiger partial charge in [0.15, 0.2) is 6.61 Å². The highest BCUT2D eigenvalue weighted by atomic mass is 16.5. The Hall–Kier alpha value is -2.62. The van der Waals surface area contributed by atoms with Crippen LogP contribution in [0.3, 0.4) is 0 Å². The first-order valence-electron chi connectivity index (χ1n) is 8.15. The van der Waals surface area contributed by atoms with Gasteiger partial charge in [0.05, 0.1) is 0 Å². The maximum Gasteiger partial charge on any atom is 0.257 e. The molecule has 0 fully saturated rings. The van der Waals surface area contributed by atoms with Crippen LogP contribution < -0.4 is 10.1 Å². The van der Waals surface area contributed by atoms with Gasteiger partial charge in [0.1, 0.15) is 11.5 Å². The molecule has 0 heterocycles. The van der Waals surface area contributed by atoms with Crippen LogP contribution in [0.15, 0.2) is 54.6 Å². The van der Waals surface area contributed by atoms with Gasteiger partial charge in [-0.2, -0.15) is 0 Å². The van der Waals surface area contributed by atoms with E-state index in [4.69, 9.17) is 4.74 Å². The zero-order chi connectivity index (χ0) is 17.2. The van der Waals surface area contributed by atoms with Gasteiger partial charge >= 0.3 is 0 Å². The van der Waals surface area contributed by atoms with E-state index in [2.05, 4.69) is 5.32 Å². The van der Waals surface area contributed by atoms with E-state index < -0.39 is 0 Å². The number of amides is 1. The molecule has 126 valence electrons. The number of hydrogen-bond acceptors (Lipinski definition) is 3. The van der Waals surface area contributed by atoms with Crippen LogP contribution in [0.5, 0.6) is 5.75 Å². The molecule has 4 nitrogen and oxygen atoms in total. The lowest BCUT2D eigenvalue weighted by Gasteiger charge is -2.08. The molecule has 0 aliphatic carbocycles. The summed E-state index contributed by atoms with van der Waals surface area (Å²) in [6.07, 6.45) is 2.08. The summed E-state index contributed by atoms with van der Waals surface area (Å²) in [6.45, 7) is 2.19. The molecule has 0 radical (unpaired) electrons. The van der Waals surface area contributed by atoms with Crippen LogP contribution in [-0.4, -0.2) is 24.8 Å². The first-order valence-corrected chi connectivity index (χ1v) is 8.15. The molecule has 0 spiro atoms. The third-order valence-corrected chi connectivity index (χ3v) is 3.64. The van der Waals surface area contributed by atoms with Crippen LogP contribution in [0, 0.1) is 0 Å². The number of carbonyl (C=O) groups is 2. The van der Waals surface area contributed by atoms with Gasteiger partial charge in [-0.3, -0.25) is 4.79 Å². The summed E-state index contributed by atoms with van der Waals surface area (Å²) < 4.78 is 5.47. The van der Waals surface area contributed by atoms with Gasteiger partial charge < -0.3 is 14.8 Å². The smallest absolute Gasteiger partial charge is 0.257 e. The summed E-state index contributed by atoms with van der Waals surface area (Å²) in [5.41, 5.74) is 2.28. The fourth-order valence-electron chi connectivity index (χ4n) is 2.26. The van der Waals surface area contributed by atoms with Crippen LogP contribution in [-0.2, 0) is 22.4 Å². The molecule has 0 aliphatic heterocycles. The quantitative estimate of drug-likeness (QED) is 0.771. The van der Waals surface area contributed by atoms with Gasteiger partial charge in [-0.1, -0.05) is 42.5 Å². The summed E-state index contributed by atoms with van der Waals surface area (Å²) in [6, 6.07) is 17.5. The van der Waals surface area contributed by atoms with Crippen molar-refractivity contribution in [2.45, 2.75) is 26.2 Å². The third kappa shape index (κ3) is 6.65. The molecular formula is C20H23NO3. The predicted molar refractivity (Wildman–Crippen MR) is 94.1 cm³/mol. The molecule has 0 bridgehead atoms. The number of nitrogens with one attached hydrogen (secondary N) is 1. The fourth-order valence-corrected chi connectivity index (χ4v) is 2.26. The standard InChI is InChI=1S/C20H23NO3/c1-16(22)7-8-18-9-11-19(12-10-18)24-15-20(23)21-14-13-17-5-3-2-4-6-17/h2-6,9-12H,7-8,13-15H2,1H3,(H,21,23). The number of Topliss-reactive ketones (excluding diaryl/α,β-unsaturated/α-hetero) is 1. The lowest BCUT2D eigenvalue weighted by atomic mass is 10.1.